The number of nitrogens with zero attached hydrogens (tertiary/aromatic N) is 2. The van der Waals surface area contributed by atoms with Crippen molar-refractivity contribution in [3.8, 4) is 0 Å². The van der Waals surface area contributed by atoms with Gasteiger partial charge in [0.05, 0.1) is 0 Å². The van der Waals surface area contributed by atoms with Crippen molar-refractivity contribution in [2.45, 2.75) is 33.1 Å². The van der Waals surface area contributed by atoms with Crippen molar-refractivity contribution in [3.63, 3.8) is 0 Å². The Morgan fingerprint density at radius 3 is 2.57 bits per heavy atom. The summed E-state index contributed by atoms with van der Waals surface area (Å²) in [5, 5.41) is 0. The molecule has 2 heterocycles. The highest BCUT2D eigenvalue weighted by Crippen LogP contribution is 2.23. The summed E-state index contributed by atoms with van der Waals surface area (Å²) in [6, 6.07) is 6.28. The Bertz CT molecular complexity index is 461. The minimum atomic E-state index is 0.158. The SMILES string of the molecule is Cc1cnc2cccc(C(C)(C)C)n12. The van der Waals surface area contributed by atoms with Crippen LogP contribution in [0.2, 0.25) is 0 Å². The van der Waals surface area contributed by atoms with Gasteiger partial charge in [0.25, 0.3) is 0 Å². The van der Waals surface area contributed by atoms with Crippen LogP contribution in [0.15, 0.2) is 24.4 Å². The van der Waals surface area contributed by atoms with E-state index in [0.29, 0.717) is 0 Å². The van der Waals surface area contributed by atoms with E-state index in [1.54, 1.807) is 0 Å². The highest BCUT2D eigenvalue weighted by atomic mass is 15.0. The van der Waals surface area contributed by atoms with Crippen LogP contribution in [0.3, 0.4) is 0 Å². The molecule has 0 saturated heterocycles. The van der Waals surface area contributed by atoms with E-state index in [-0.39, 0.29) is 5.41 Å². The van der Waals surface area contributed by atoms with Gasteiger partial charge in [0.2, 0.25) is 0 Å². The summed E-state index contributed by atoms with van der Waals surface area (Å²) in [7, 11) is 0. The van der Waals surface area contributed by atoms with Gasteiger partial charge < -0.3 is 4.40 Å². The lowest BCUT2D eigenvalue weighted by molar-refractivity contribution is 0.558. The van der Waals surface area contributed by atoms with Gasteiger partial charge in [-0.1, -0.05) is 26.8 Å². The highest BCUT2D eigenvalue weighted by Gasteiger charge is 2.17. The van der Waals surface area contributed by atoms with Gasteiger partial charge in [0.1, 0.15) is 5.65 Å². The number of aromatic nitrogens is 2. The third-order valence-electron chi connectivity index (χ3n) is 2.47. The molecule has 2 heteroatoms. The van der Waals surface area contributed by atoms with Crippen molar-refractivity contribution in [3.05, 3.63) is 35.8 Å². The molecule has 0 aliphatic heterocycles. The number of hydrogen-bond acceptors (Lipinski definition) is 1. The molecule has 0 amide bonds. The Morgan fingerprint density at radius 2 is 1.93 bits per heavy atom. The van der Waals surface area contributed by atoms with Gasteiger partial charge in [-0.3, -0.25) is 0 Å². The average molecular weight is 188 g/mol. The Kier molecular flexibility index (Phi) is 1.88. The van der Waals surface area contributed by atoms with E-state index in [2.05, 4.69) is 49.2 Å². The zero-order valence-electron chi connectivity index (χ0n) is 9.20. The van der Waals surface area contributed by atoms with Gasteiger partial charge in [0, 0.05) is 23.0 Å². The predicted octanol–water partition coefficient (Wildman–Crippen LogP) is 2.94. The molecule has 14 heavy (non-hydrogen) atoms. The van der Waals surface area contributed by atoms with E-state index in [1.165, 1.54) is 11.4 Å². The van der Waals surface area contributed by atoms with Gasteiger partial charge in [-0.2, -0.15) is 0 Å². The zero-order chi connectivity index (χ0) is 10.3. The molecule has 0 aliphatic carbocycles. The molecule has 74 valence electrons. The third kappa shape index (κ3) is 1.31. The van der Waals surface area contributed by atoms with Crippen LogP contribution in [0.1, 0.15) is 32.2 Å². The van der Waals surface area contributed by atoms with Crippen LogP contribution in [0.4, 0.5) is 0 Å². The van der Waals surface area contributed by atoms with Crippen LogP contribution in [0.5, 0.6) is 0 Å². The van der Waals surface area contributed by atoms with Crippen LogP contribution >= 0.6 is 0 Å². The lowest BCUT2D eigenvalue weighted by Gasteiger charge is -2.21. The molecule has 0 radical (unpaired) electrons. The Morgan fingerprint density at radius 1 is 1.21 bits per heavy atom. The fourth-order valence-corrected chi connectivity index (χ4v) is 1.77. The summed E-state index contributed by atoms with van der Waals surface area (Å²) in [4.78, 5) is 4.36. The van der Waals surface area contributed by atoms with Gasteiger partial charge in [-0.15, -0.1) is 0 Å². The first-order chi connectivity index (χ1) is 6.50. The number of pyridine rings is 1. The van der Waals surface area contributed by atoms with Crippen molar-refractivity contribution in [1.82, 2.24) is 9.38 Å². The maximum atomic E-state index is 4.36. The fraction of sp³-hybridized carbons (Fsp3) is 0.417. The van der Waals surface area contributed by atoms with Crippen LogP contribution < -0.4 is 0 Å². The summed E-state index contributed by atoms with van der Waals surface area (Å²) < 4.78 is 2.22. The summed E-state index contributed by atoms with van der Waals surface area (Å²) in [5.74, 6) is 0. The number of hydrogen-bond donors (Lipinski definition) is 0. The van der Waals surface area contributed by atoms with E-state index in [4.69, 9.17) is 0 Å². The first-order valence-electron chi connectivity index (χ1n) is 4.94. The van der Waals surface area contributed by atoms with Gasteiger partial charge in [0.15, 0.2) is 0 Å². The first-order valence-corrected chi connectivity index (χ1v) is 4.94. The Labute approximate surface area is 84.6 Å². The standard InChI is InChI=1S/C12H16N2/c1-9-8-13-11-7-5-6-10(14(9)11)12(2,3)4/h5-8H,1-4H3. The number of aryl methyl sites for hydroxylation is 1. The molecule has 0 atom stereocenters. The van der Waals surface area contributed by atoms with Crippen molar-refractivity contribution < 1.29 is 0 Å². The quantitative estimate of drug-likeness (QED) is 0.621. The minimum absolute atomic E-state index is 0.158. The van der Waals surface area contributed by atoms with E-state index in [0.717, 1.165) is 5.65 Å². The van der Waals surface area contributed by atoms with Crippen LogP contribution in [0, 0.1) is 6.92 Å². The van der Waals surface area contributed by atoms with Crippen LogP contribution in [-0.2, 0) is 5.41 Å². The maximum Gasteiger partial charge on any atom is 0.137 e. The lowest BCUT2D eigenvalue weighted by atomic mass is 9.91. The minimum Gasteiger partial charge on any atom is -0.301 e. The molecule has 2 nitrogen and oxygen atoms in total. The lowest BCUT2D eigenvalue weighted by Crippen LogP contribution is -2.16. The van der Waals surface area contributed by atoms with Crippen LogP contribution in [-0.4, -0.2) is 9.38 Å². The molecule has 0 fully saturated rings. The Balaban J connectivity index is 2.82. The first kappa shape index (κ1) is 9.25. The molecular formula is C12H16N2. The summed E-state index contributed by atoms with van der Waals surface area (Å²) in [6.07, 6.45) is 1.92. The molecule has 0 aliphatic rings. The highest BCUT2D eigenvalue weighted by molar-refractivity contribution is 5.43. The fourth-order valence-electron chi connectivity index (χ4n) is 1.77. The second kappa shape index (κ2) is 2.84. The number of imidazole rings is 1. The molecule has 0 spiro atoms. The summed E-state index contributed by atoms with van der Waals surface area (Å²) in [5.41, 5.74) is 3.70. The molecular weight excluding hydrogens is 172 g/mol. The van der Waals surface area contributed by atoms with Crippen molar-refractivity contribution in [1.29, 1.82) is 0 Å². The summed E-state index contributed by atoms with van der Waals surface area (Å²) >= 11 is 0. The predicted molar refractivity (Wildman–Crippen MR) is 58.6 cm³/mol. The van der Waals surface area contributed by atoms with E-state index < -0.39 is 0 Å². The molecule has 2 rings (SSSR count). The molecule has 0 aromatic carbocycles. The monoisotopic (exact) mass is 188 g/mol. The largest absolute Gasteiger partial charge is 0.301 e. The number of fused-ring (bicyclic) bond motifs is 1. The van der Waals surface area contributed by atoms with Crippen molar-refractivity contribution in [2.75, 3.05) is 0 Å². The van der Waals surface area contributed by atoms with Crippen molar-refractivity contribution >= 4 is 5.65 Å². The van der Waals surface area contributed by atoms with Crippen molar-refractivity contribution in [2.24, 2.45) is 0 Å². The van der Waals surface area contributed by atoms with Gasteiger partial charge >= 0.3 is 0 Å². The van der Waals surface area contributed by atoms with Crippen LogP contribution in [0.25, 0.3) is 5.65 Å². The second-order valence-electron chi connectivity index (χ2n) is 4.75. The summed E-state index contributed by atoms with van der Waals surface area (Å²) in [6.45, 7) is 8.76. The van der Waals surface area contributed by atoms with Gasteiger partial charge in [-0.05, 0) is 19.1 Å². The number of rotatable bonds is 0. The molecule has 2 aromatic rings. The molecule has 0 unspecified atom stereocenters. The molecule has 2 aromatic heterocycles. The third-order valence-corrected chi connectivity index (χ3v) is 2.47. The second-order valence-corrected chi connectivity index (χ2v) is 4.75. The maximum absolute atomic E-state index is 4.36. The zero-order valence-corrected chi connectivity index (χ0v) is 9.20. The van der Waals surface area contributed by atoms with E-state index in [9.17, 15) is 0 Å². The topological polar surface area (TPSA) is 17.3 Å². The van der Waals surface area contributed by atoms with Gasteiger partial charge in [-0.25, -0.2) is 4.98 Å². The smallest absolute Gasteiger partial charge is 0.137 e. The van der Waals surface area contributed by atoms with E-state index in [1.807, 2.05) is 12.3 Å². The average Bonchev–Trinajstić information content (AvgIpc) is 2.46. The molecule has 0 saturated carbocycles. The molecule has 0 N–H and O–H groups in total. The Hall–Kier alpha value is -1.31. The molecule has 0 bridgehead atoms. The van der Waals surface area contributed by atoms with E-state index >= 15 is 0 Å². The normalized spacial score (nSPS) is 12.3.